The van der Waals surface area contributed by atoms with Crippen molar-refractivity contribution in [3.8, 4) is 0 Å². The van der Waals surface area contributed by atoms with Gasteiger partial charge in [-0.2, -0.15) is 4.98 Å². The van der Waals surface area contributed by atoms with Crippen molar-refractivity contribution >= 4 is 11.8 Å². The number of unbranched alkanes of at least 4 members (excludes halogenated alkanes) is 1. The van der Waals surface area contributed by atoms with Gasteiger partial charge in [0.05, 0.1) is 0 Å². The van der Waals surface area contributed by atoms with Gasteiger partial charge in [-0.15, -0.1) is 0 Å². The largest absolute Gasteiger partial charge is 0.370 e. The molecule has 1 aliphatic heterocycles. The van der Waals surface area contributed by atoms with E-state index in [-0.39, 0.29) is 0 Å². The maximum absolute atomic E-state index is 5.62. The molecule has 1 saturated heterocycles. The monoisotopic (exact) mass is 263 g/mol. The van der Waals surface area contributed by atoms with Gasteiger partial charge in [-0.3, -0.25) is 0 Å². The Bertz CT molecular complexity index is 367. The van der Waals surface area contributed by atoms with E-state index in [1.165, 1.54) is 51.7 Å². The molecule has 1 aromatic heterocycles. The number of likely N-dealkylation sites (tertiary alicyclic amines) is 1. The first-order valence-electron chi connectivity index (χ1n) is 7.31. The van der Waals surface area contributed by atoms with Crippen molar-refractivity contribution in [2.45, 2.75) is 39.0 Å². The van der Waals surface area contributed by atoms with Crippen LogP contribution in [0.25, 0.3) is 0 Å². The van der Waals surface area contributed by atoms with Crippen LogP contribution < -0.4 is 11.1 Å². The minimum absolute atomic E-state index is 0.343. The predicted octanol–water partition coefficient (Wildman–Crippen LogP) is 2.05. The molecule has 19 heavy (non-hydrogen) atoms. The molecule has 106 valence electrons. The molecule has 0 aromatic carbocycles. The van der Waals surface area contributed by atoms with E-state index in [9.17, 15) is 0 Å². The van der Waals surface area contributed by atoms with Crippen LogP contribution in [0.2, 0.25) is 0 Å². The molecule has 0 unspecified atom stereocenters. The first-order valence-corrected chi connectivity index (χ1v) is 7.31. The van der Waals surface area contributed by atoms with Crippen LogP contribution in [-0.4, -0.2) is 41.0 Å². The second-order valence-corrected chi connectivity index (χ2v) is 5.29. The molecule has 1 aromatic rings. The van der Waals surface area contributed by atoms with Crippen LogP contribution in [0.3, 0.4) is 0 Å². The summed E-state index contributed by atoms with van der Waals surface area (Å²) < 4.78 is 0. The van der Waals surface area contributed by atoms with Crippen molar-refractivity contribution in [2.24, 2.45) is 0 Å². The second kappa shape index (κ2) is 7.28. The van der Waals surface area contributed by atoms with Gasteiger partial charge in [0.15, 0.2) is 0 Å². The Labute approximate surface area is 115 Å². The Hall–Kier alpha value is -1.36. The number of aryl methyl sites for hydroxylation is 1. The Morgan fingerprint density at radius 2 is 2.00 bits per heavy atom. The summed E-state index contributed by atoms with van der Waals surface area (Å²) in [7, 11) is 0. The number of hydrogen-bond acceptors (Lipinski definition) is 5. The fraction of sp³-hybridized carbons (Fsp3) is 0.714. The first-order chi connectivity index (χ1) is 9.24. The van der Waals surface area contributed by atoms with Crippen LogP contribution in [0.15, 0.2) is 6.07 Å². The lowest BCUT2D eigenvalue weighted by Crippen LogP contribution is -2.30. The summed E-state index contributed by atoms with van der Waals surface area (Å²) in [5, 5.41) is 3.31. The number of rotatable bonds is 6. The molecule has 2 rings (SSSR count). The predicted molar refractivity (Wildman–Crippen MR) is 79.2 cm³/mol. The summed E-state index contributed by atoms with van der Waals surface area (Å²) in [6, 6.07) is 1.93. The second-order valence-electron chi connectivity index (χ2n) is 5.29. The molecule has 3 N–H and O–H groups in total. The highest BCUT2D eigenvalue weighted by atomic mass is 15.1. The number of hydrogen-bond donors (Lipinski definition) is 2. The van der Waals surface area contributed by atoms with Crippen molar-refractivity contribution in [3.63, 3.8) is 0 Å². The summed E-state index contributed by atoms with van der Waals surface area (Å²) in [6.45, 7) is 6.68. The van der Waals surface area contributed by atoms with Gasteiger partial charge in [-0.05, 0) is 52.2 Å². The van der Waals surface area contributed by atoms with Crippen LogP contribution >= 0.6 is 0 Å². The van der Waals surface area contributed by atoms with Crippen molar-refractivity contribution < 1.29 is 0 Å². The summed E-state index contributed by atoms with van der Waals surface area (Å²) in [4.78, 5) is 10.8. The van der Waals surface area contributed by atoms with E-state index in [0.717, 1.165) is 18.1 Å². The van der Waals surface area contributed by atoms with Gasteiger partial charge in [-0.1, -0.05) is 6.42 Å². The van der Waals surface area contributed by atoms with Crippen LogP contribution in [0, 0.1) is 6.92 Å². The van der Waals surface area contributed by atoms with Crippen LogP contribution in [0.1, 0.15) is 37.8 Å². The van der Waals surface area contributed by atoms with E-state index in [4.69, 9.17) is 5.73 Å². The Balaban J connectivity index is 1.60. The van der Waals surface area contributed by atoms with Gasteiger partial charge < -0.3 is 16.0 Å². The first kappa shape index (κ1) is 14.1. The number of nitrogens with zero attached hydrogens (tertiary/aromatic N) is 3. The zero-order chi connectivity index (χ0) is 13.5. The fourth-order valence-corrected chi connectivity index (χ4v) is 2.54. The number of nitrogens with two attached hydrogens (primary N) is 1. The van der Waals surface area contributed by atoms with E-state index >= 15 is 0 Å². The molecule has 0 aliphatic carbocycles. The average Bonchev–Trinajstić information content (AvgIpc) is 2.38. The van der Waals surface area contributed by atoms with Crippen LogP contribution in [0.4, 0.5) is 11.8 Å². The quantitative estimate of drug-likeness (QED) is 0.769. The topological polar surface area (TPSA) is 67.1 Å². The summed E-state index contributed by atoms with van der Waals surface area (Å²) in [5.74, 6) is 1.18. The van der Waals surface area contributed by atoms with Crippen molar-refractivity contribution in [3.05, 3.63) is 11.8 Å². The van der Waals surface area contributed by atoms with Gasteiger partial charge in [0.25, 0.3) is 0 Å². The van der Waals surface area contributed by atoms with E-state index in [2.05, 4.69) is 20.2 Å². The average molecular weight is 263 g/mol. The molecule has 0 amide bonds. The molecule has 0 bridgehead atoms. The lowest BCUT2D eigenvalue weighted by Gasteiger charge is -2.26. The molecule has 0 radical (unpaired) electrons. The number of aromatic nitrogens is 2. The molecule has 5 heteroatoms. The maximum atomic E-state index is 5.62. The Kier molecular flexibility index (Phi) is 5.39. The summed E-state index contributed by atoms with van der Waals surface area (Å²) >= 11 is 0. The number of nitrogens with one attached hydrogen (secondary N) is 1. The zero-order valence-corrected chi connectivity index (χ0v) is 11.9. The van der Waals surface area contributed by atoms with E-state index in [0.29, 0.717) is 5.95 Å². The van der Waals surface area contributed by atoms with Gasteiger partial charge in [0, 0.05) is 18.3 Å². The highest BCUT2D eigenvalue weighted by Crippen LogP contribution is 2.10. The molecule has 5 nitrogen and oxygen atoms in total. The third-order valence-electron chi connectivity index (χ3n) is 3.53. The fourth-order valence-electron chi connectivity index (χ4n) is 2.54. The minimum atomic E-state index is 0.343. The standard InChI is InChI=1S/C14H25N5/c1-12-11-13(18-14(15)17-12)16-7-3-6-10-19-8-4-2-5-9-19/h11H,2-10H2,1H3,(H3,15,16,17,18). The molecule has 0 saturated carbocycles. The lowest BCUT2D eigenvalue weighted by molar-refractivity contribution is 0.225. The summed E-state index contributed by atoms with van der Waals surface area (Å²) in [6.07, 6.45) is 6.56. The number of anilines is 2. The van der Waals surface area contributed by atoms with Gasteiger partial charge in [0.1, 0.15) is 5.82 Å². The van der Waals surface area contributed by atoms with Crippen LogP contribution in [0.5, 0.6) is 0 Å². The van der Waals surface area contributed by atoms with E-state index < -0.39 is 0 Å². The normalized spacial score (nSPS) is 16.5. The highest BCUT2D eigenvalue weighted by Gasteiger charge is 2.08. The Morgan fingerprint density at radius 3 is 2.74 bits per heavy atom. The minimum Gasteiger partial charge on any atom is -0.370 e. The third-order valence-corrected chi connectivity index (χ3v) is 3.53. The maximum Gasteiger partial charge on any atom is 0.222 e. The van der Waals surface area contributed by atoms with Crippen molar-refractivity contribution in [2.75, 3.05) is 37.2 Å². The van der Waals surface area contributed by atoms with Gasteiger partial charge >= 0.3 is 0 Å². The SMILES string of the molecule is Cc1cc(NCCCCN2CCCCC2)nc(N)n1. The number of piperidine rings is 1. The molecule has 1 aliphatic rings. The third kappa shape index (κ3) is 5.03. The molecule has 0 spiro atoms. The molecular weight excluding hydrogens is 238 g/mol. The van der Waals surface area contributed by atoms with E-state index in [1.54, 1.807) is 0 Å². The number of nitrogen functional groups attached to an aromatic ring is 1. The smallest absolute Gasteiger partial charge is 0.222 e. The van der Waals surface area contributed by atoms with Crippen molar-refractivity contribution in [1.82, 2.24) is 14.9 Å². The van der Waals surface area contributed by atoms with Gasteiger partial charge in [-0.25, -0.2) is 4.98 Å². The Morgan fingerprint density at radius 1 is 1.21 bits per heavy atom. The van der Waals surface area contributed by atoms with Crippen LogP contribution in [-0.2, 0) is 0 Å². The van der Waals surface area contributed by atoms with Crippen molar-refractivity contribution in [1.29, 1.82) is 0 Å². The molecular formula is C14H25N5. The highest BCUT2D eigenvalue weighted by molar-refractivity contribution is 5.39. The zero-order valence-electron chi connectivity index (χ0n) is 11.9. The summed E-state index contributed by atoms with van der Waals surface area (Å²) in [5.41, 5.74) is 6.52. The molecule has 0 atom stereocenters. The lowest BCUT2D eigenvalue weighted by atomic mass is 10.1. The van der Waals surface area contributed by atoms with E-state index in [1.807, 2.05) is 13.0 Å². The molecule has 2 heterocycles. The van der Waals surface area contributed by atoms with Gasteiger partial charge in [0.2, 0.25) is 5.95 Å². The molecule has 1 fully saturated rings.